The van der Waals surface area contributed by atoms with Crippen LogP contribution in [0.1, 0.15) is 36.8 Å². The minimum Gasteiger partial charge on any atom is -0.324 e. The van der Waals surface area contributed by atoms with Gasteiger partial charge < -0.3 is 5.73 Å². The van der Waals surface area contributed by atoms with E-state index in [4.69, 9.17) is 5.73 Å². The van der Waals surface area contributed by atoms with Gasteiger partial charge in [0.2, 0.25) is 0 Å². The van der Waals surface area contributed by atoms with Gasteiger partial charge in [0.15, 0.2) is 0 Å². The Labute approximate surface area is 126 Å². The molecule has 2 N–H and O–H groups in total. The molecule has 2 heterocycles. The summed E-state index contributed by atoms with van der Waals surface area (Å²) in [6, 6.07) is 1.21. The highest BCUT2D eigenvalue weighted by molar-refractivity contribution is 9.10. The number of hydrogen-bond acceptors (Lipinski definition) is 3. The number of halogens is 2. The zero-order valence-electron chi connectivity index (χ0n) is 11.6. The highest BCUT2D eigenvalue weighted by Gasteiger charge is 2.19. The van der Waals surface area contributed by atoms with Crippen molar-refractivity contribution in [2.45, 2.75) is 39.3 Å². The van der Waals surface area contributed by atoms with Crippen molar-refractivity contribution in [2.75, 3.05) is 0 Å². The maximum atomic E-state index is 13.7. The minimum atomic E-state index is -0.416. The molecule has 4 nitrogen and oxygen atoms in total. The summed E-state index contributed by atoms with van der Waals surface area (Å²) in [7, 11) is 0. The molecule has 2 aromatic heterocycles. The number of pyridine rings is 1. The fourth-order valence-electron chi connectivity index (χ4n) is 2.22. The van der Waals surface area contributed by atoms with E-state index in [2.05, 4.69) is 32.9 Å². The first-order valence-electron chi connectivity index (χ1n) is 6.67. The van der Waals surface area contributed by atoms with E-state index in [0.29, 0.717) is 12.0 Å². The van der Waals surface area contributed by atoms with Crippen LogP contribution >= 0.6 is 15.9 Å². The lowest BCUT2D eigenvalue weighted by atomic mass is 10.0. The standard InChI is InChI=1S/C14H18BrFN4/c1-3-12-14(15)13(20(4-2)19-12)7-11(17)9-5-6-18-8-10(9)16/h5-6,8,11H,3-4,7,17H2,1-2H3. The maximum absolute atomic E-state index is 13.7. The molecule has 0 aliphatic rings. The van der Waals surface area contributed by atoms with Gasteiger partial charge in [-0.2, -0.15) is 5.10 Å². The number of aromatic nitrogens is 3. The Morgan fingerprint density at radius 1 is 1.45 bits per heavy atom. The van der Waals surface area contributed by atoms with E-state index in [-0.39, 0.29) is 5.82 Å². The van der Waals surface area contributed by atoms with Crippen LogP contribution in [0.4, 0.5) is 4.39 Å². The molecule has 108 valence electrons. The average molecular weight is 341 g/mol. The molecular weight excluding hydrogens is 323 g/mol. The molecule has 2 aromatic rings. The highest BCUT2D eigenvalue weighted by Crippen LogP contribution is 2.27. The second kappa shape index (κ2) is 6.45. The average Bonchev–Trinajstić information content (AvgIpc) is 2.75. The molecule has 0 aromatic carbocycles. The SMILES string of the molecule is CCc1nn(CC)c(CC(N)c2ccncc2F)c1Br. The van der Waals surface area contributed by atoms with Gasteiger partial charge >= 0.3 is 0 Å². The first kappa shape index (κ1) is 15.1. The fraction of sp³-hybridized carbons (Fsp3) is 0.429. The van der Waals surface area contributed by atoms with Crippen molar-refractivity contribution < 1.29 is 4.39 Å². The highest BCUT2D eigenvalue weighted by atomic mass is 79.9. The number of nitrogens with zero attached hydrogens (tertiary/aromatic N) is 3. The van der Waals surface area contributed by atoms with Gasteiger partial charge in [-0.05, 0) is 35.3 Å². The van der Waals surface area contributed by atoms with Crippen molar-refractivity contribution in [3.8, 4) is 0 Å². The van der Waals surface area contributed by atoms with Crippen LogP contribution in [0.2, 0.25) is 0 Å². The molecule has 0 bridgehead atoms. The fourth-order valence-corrected chi connectivity index (χ4v) is 2.94. The zero-order chi connectivity index (χ0) is 14.7. The number of hydrogen-bond donors (Lipinski definition) is 1. The second-order valence-electron chi connectivity index (χ2n) is 4.58. The summed E-state index contributed by atoms with van der Waals surface area (Å²) in [5.41, 5.74) is 8.63. The third-order valence-corrected chi connectivity index (χ3v) is 4.23. The lowest BCUT2D eigenvalue weighted by Crippen LogP contribution is -2.17. The van der Waals surface area contributed by atoms with Crippen LogP contribution < -0.4 is 5.73 Å². The normalized spacial score (nSPS) is 12.7. The van der Waals surface area contributed by atoms with Gasteiger partial charge in [0.25, 0.3) is 0 Å². The van der Waals surface area contributed by atoms with Gasteiger partial charge in [-0.3, -0.25) is 9.67 Å². The Balaban J connectivity index is 2.30. The topological polar surface area (TPSA) is 56.7 Å². The van der Waals surface area contributed by atoms with E-state index >= 15 is 0 Å². The molecule has 0 aliphatic carbocycles. The third kappa shape index (κ3) is 2.91. The van der Waals surface area contributed by atoms with Gasteiger partial charge in [0, 0.05) is 30.8 Å². The summed E-state index contributed by atoms with van der Waals surface area (Å²) in [5.74, 6) is -0.366. The predicted octanol–water partition coefficient (Wildman–Crippen LogP) is 3.00. The summed E-state index contributed by atoms with van der Waals surface area (Å²) in [6.07, 6.45) is 4.13. The van der Waals surface area contributed by atoms with E-state index in [1.54, 1.807) is 12.3 Å². The molecule has 0 fully saturated rings. The van der Waals surface area contributed by atoms with Crippen LogP contribution in [0.5, 0.6) is 0 Å². The Hall–Kier alpha value is -1.27. The van der Waals surface area contributed by atoms with Crippen molar-refractivity contribution in [1.82, 2.24) is 14.8 Å². The Morgan fingerprint density at radius 3 is 2.80 bits per heavy atom. The van der Waals surface area contributed by atoms with Gasteiger partial charge in [-0.1, -0.05) is 6.92 Å². The molecule has 2 rings (SSSR count). The Morgan fingerprint density at radius 2 is 2.20 bits per heavy atom. The number of aryl methyl sites for hydroxylation is 2. The van der Waals surface area contributed by atoms with Crippen LogP contribution in [0.15, 0.2) is 22.9 Å². The number of rotatable bonds is 5. The zero-order valence-corrected chi connectivity index (χ0v) is 13.2. The van der Waals surface area contributed by atoms with E-state index in [0.717, 1.165) is 28.8 Å². The van der Waals surface area contributed by atoms with E-state index in [9.17, 15) is 4.39 Å². The largest absolute Gasteiger partial charge is 0.324 e. The van der Waals surface area contributed by atoms with Crippen LogP contribution in [0, 0.1) is 5.82 Å². The minimum absolute atomic E-state index is 0.366. The predicted molar refractivity (Wildman–Crippen MR) is 79.8 cm³/mol. The summed E-state index contributed by atoms with van der Waals surface area (Å²) >= 11 is 3.58. The molecule has 0 aliphatic heterocycles. The summed E-state index contributed by atoms with van der Waals surface area (Å²) in [6.45, 7) is 4.85. The van der Waals surface area contributed by atoms with Crippen LogP contribution in [-0.2, 0) is 19.4 Å². The molecule has 1 unspecified atom stereocenters. The van der Waals surface area contributed by atoms with Crippen LogP contribution in [-0.4, -0.2) is 14.8 Å². The molecule has 0 saturated carbocycles. The number of nitrogens with two attached hydrogens (primary N) is 1. The summed E-state index contributed by atoms with van der Waals surface area (Å²) in [4.78, 5) is 3.75. The van der Waals surface area contributed by atoms with Crippen LogP contribution in [0.3, 0.4) is 0 Å². The molecule has 6 heteroatoms. The van der Waals surface area contributed by atoms with E-state index in [1.807, 2.05) is 11.6 Å². The smallest absolute Gasteiger partial charge is 0.146 e. The van der Waals surface area contributed by atoms with Crippen molar-refractivity contribution >= 4 is 15.9 Å². The maximum Gasteiger partial charge on any atom is 0.146 e. The summed E-state index contributed by atoms with van der Waals surface area (Å²) in [5, 5.41) is 4.52. The van der Waals surface area contributed by atoms with E-state index < -0.39 is 6.04 Å². The molecule has 0 radical (unpaired) electrons. The first-order valence-corrected chi connectivity index (χ1v) is 7.46. The molecular formula is C14H18BrFN4. The van der Waals surface area contributed by atoms with Gasteiger partial charge in [0.05, 0.1) is 22.1 Å². The van der Waals surface area contributed by atoms with E-state index in [1.165, 1.54) is 6.20 Å². The lowest BCUT2D eigenvalue weighted by Gasteiger charge is -2.14. The van der Waals surface area contributed by atoms with Gasteiger partial charge in [-0.15, -0.1) is 0 Å². The van der Waals surface area contributed by atoms with Crippen molar-refractivity contribution in [3.05, 3.63) is 45.7 Å². The quantitative estimate of drug-likeness (QED) is 0.910. The molecule has 0 amide bonds. The second-order valence-corrected chi connectivity index (χ2v) is 5.38. The van der Waals surface area contributed by atoms with Crippen molar-refractivity contribution in [1.29, 1.82) is 0 Å². The van der Waals surface area contributed by atoms with Gasteiger partial charge in [0.1, 0.15) is 5.82 Å². The first-order chi connectivity index (χ1) is 9.58. The van der Waals surface area contributed by atoms with Crippen LogP contribution in [0.25, 0.3) is 0 Å². The molecule has 0 spiro atoms. The van der Waals surface area contributed by atoms with Crippen molar-refractivity contribution in [2.24, 2.45) is 5.73 Å². The Bertz CT molecular complexity index is 597. The molecule has 0 saturated heterocycles. The summed E-state index contributed by atoms with van der Waals surface area (Å²) < 4.78 is 16.6. The third-order valence-electron chi connectivity index (χ3n) is 3.31. The molecule has 1 atom stereocenters. The Kier molecular flexibility index (Phi) is 4.88. The van der Waals surface area contributed by atoms with Gasteiger partial charge in [-0.25, -0.2) is 4.39 Å². The van der Waals surface area contributed by atoms with Crippen molar-refractivity contribution in [3.63, 3.8) is 0 Å². The monoisotopic (exact) mass is 340 g/mol. The molecule has 20 heavy (non-hydrogen) atoms. The lowest BCUT2D eigenvalue weighted by molar-refractivity contribution is 0.551.